The lowest BCUT2D eigenvalue weighted by Gasteiger charge is -2.15. The number of pyridine rings is 1. The summed E-state index contributed by atoms with van der Waals surface area (Å²) in [7, 11) is 0. The molecule has 0 aliphatic heterocycles. The molecular weight excluding hydrogens is 348 g/mol. The van der Waals surface area contributed by atoms with Crippen LogP contribution in [-0.2, 0) is 13.0 Å². The number of carbonyl (C=O) groups is 1. The first-order valence-electron chi connectivity index (χ1n) is 8.68. The number of nitrogens with one attached hydrogen (secondary N) is 1. The largest absolute Gasteiger partial charge is 0.347 e. The van der Waals surface area contributed by atoms with Gasteiger partial charge in [-0.2, -0.15) is 0 Å². The summed E-state index contributed by atoms with van der Waals surface area (Å²) in [6, 6.07) is 11.1. The molecule has 0 bridgehead atoms. The average Bonchev–Trinajstić information content (AvgIpc) is 2.64. The second-order valence-electron chi connectivity index (χ2n) is 6.24. The molecule has 0 atom stereocenters. The van der Waals surface area contributed by atoms with Crippen LogP contribution in [0.15, 0.2) is 47.4 Å². The van der Waals surface area contributed by atoms with Crippen molar-refractivity contribution in [2.45, 2.75) is 33.7 Å². The van der Waals surface area contributed by atoms with Crippen molar-refractivity contribution in [3.05, 3.63) is 74.5 Å². The van der Waals surface area contributed by atoms with Gasteiger partial charge in [0.25, 0.3) is 5.91 Å². The highest BCUT2D eigenvalue weighted by Gasteiger charge is 2.17. The van der Waals surface area contributed by atoms with Crippen molar-refractivity contribution in [2.24, 2.45) is 0 Å². The number of para-hydroxylation sites is 1. The van der Waals surface area contributed by atoms with E-state index in [0.717, 1.165) is 28.8 Å². The van der Waals surface area contributed by atoms with Crippen LogP contribution in [0.2, 0.25) is 5.02 Å². The van der Waals surface area contributed by atoms with Crippen LogP contribution < -0.4 is 10.7 Å². The Bertz CT molecular complexity index is 1050. The van der Waals surface area contributed by atoms with Gasteiger partial charge in [-0.1, -0.05) is 36.7 Å². The Hall–Kier alpha value is -2.59. The predicted octanol–water partition coefficient (Wildman–Crippen LogP) is 4.80. The van der Waals surface area contributed by atoms with Crippen LogP contribution in [0.5, 0.6) is 0 Å². The Labute approximate surface area is 157 Å². The number of nitrogens with zero attached hydrogens (tertiary/aromatic N) is 1. The number of aryl methyl sites for hydroxylation is 3. The lowest BCUT2D eigenvalue weighted by atomic mass is 10.0. The molecule has 3 aromatic rings. The van der Waals surface area contributed by atoms with E-state index in [-0.39, 0.29) is 11.0 Å². The minimum Gasteiger partial charge on any atom is -0.347 e. The zero-order valence-electron chi connectivity index (χ0n) is 15.1. The summed E-state index contributed by atoms with van der Waals surface area (Å²) in [6.45, 7) is 6.59. The van der Waals surface area contributed by atoms with Gasteiger partial charge in [-0.3, -0.25) is 9.59 Å². The molecule has 134 valence electrons. The van der Waals surface area contributed by atoms with Crippen LogP contribution in [0.1, 0.15) is 35.3 Å². The summed E-state index contributed by atoms with van der Waals surface area (Å²) in [5, 5.41) is 3.86. The highest BCUT2D eigenvalue weighted by atomic mass is 35.5. The van der Waals surface area contributed by atoms with E-state index in [9.17, 15) is 9.59 Å². The van der Waals surface area contributed by atoms with Crippen molar-refractivity contribution in [3.63, 3.8) is 0 Å². The van der Waals surface area contributed by atoms with E-state index in [2.05, 4.69) is 5.32 Å². The van der Waals surface area contributed by atoms with Crippen molar-refractivity contribution in [1.29, 1.82) is 0 Å². The fourth-order valence-electron chi connectivity index (χ4n) is 3.18. The Balaban J connectivity index is 2.12. The summed E-state index contributed by atoms with van der Waals surface area (Å²) in [6.07, 6.45) is 2.42. The second-order valence-corrected chi connectivity index (χ2v) is 6.67. The van der Waals surface area contributed by atoms with Gasteiger partial charge in [-0.15, -0.1) is 0 Å². The average molecular weight is 369 g/mol. The van der Waals surface area contributed by atoms with E-state index >= 15 is 0 Å². The lowest BCUT2D eigenvalue weighted by molar-refractivity contribution is 0.102. The summed E-state index contributed by atoms with van der Waals surface area (Å²) < 4.78 is 1.89. The van der Waals surface area contributed by atoms with E-state index < -0.39 is 5.91 Å². The monoisotopic (exact) mass is 368 g/mol. The van der Waals surface area contributed by atoms with Crippen molar-refractivity contribution < 1.29 is 4.79 Å². The Morgan fingerprint density at radius 2 is 1.96 bits per heavy atom. The molecule has 1 N–H and O–H groups in total. The fraction of sp³-hybridized carbons (Fsp3) is 0.238. The molecule has 5 heteroatoms. The van der Waals surface area contributed by atoms with Crippen molar-refractivity contribution >= 4 is 34.1 Å². The van der Waals surface area contributed by atoms with Crippen LogP contribution in [-0.4, -0.2) is 10.5 Å². The maximum Gasteiger partial charge on any atom is 0.261 e. The minimum atomic E-state index is -0.400. The van der Waals surface area contributed by atoms with Crippen molar-refractivity contribution in [1.82, 2.24) is 4.57 Å². The van der Waals surface area contributed by atoms with E-state index in [1.807, 2.05) is 43.5 Å². The maximum atomic E-state index is 12.9. The SMILES string of the molecule is CCc1cccc(C)c1NC(=O)c1cn(CC)c2ccc(Cl)cc2c1=O. The van der Waals surface area contributed by atoms with Crippen molar-refractivity contribution in [2.75, 3.05) is 5.32 Å². The number of fused-ring (bicyclic) bond motifs is 1. The van der Waals surface area contributed by atoms with E-state index in [1.165, 1.54) is 0 Å². The summed E-state index contributed by atoms with van der Waals surface area (Å²) >= 11 is 6.06. The highest BCUT2D eigenvalue weighted by Crippen LogP contribution is 2.22. The van der Waals surface area contributed by atoms with Crippen LogP contribution in [0.4, 0.5) is 5.69 Å². The van der Waals surface area contributed by atoms with Crippen LogP contribution in [0, 0.1) is 6.92 Å². The molecule has 1 heterocycles. The minimum absolute atomic E-state index is 0.118. The van der Waals surface area contributed by atoms with Gasteiger partial charge in [0.05, 0.1) is 5.52 Å². The van der Waals surface area contributed by atoms with Gasteiger partial charge < -0.3 is 9.88 Å². The second kappa shape index (κ2) is 7.34. The molecule has 1 amide bonds. The van der Waals surface area contributed by atoms with Gasteiger partial charge in [0.15, 0.2) is 0 Å². The zero-order chi connectivity index (χ0) is 18.8. The third-order valence-electron chi connectivity index (χ3n) is 4.61. The smallest absolute Gasteiger partial charge is 0.261 e. The first kappa shape index (κ1) is 18.2. The first-order valence-corrected chi connectivity index (χ1v) is 9.06. The molecule has 0 aliphatic rings. The topological polar surface area (TPSA) is 51.1 Å². The van der Waals surface area contributed by atoms with Crippen LogP contribution in [0.3, 0.4) is 0 Å². The summed E-state index contributed by atoms with van der Waals surface area (Å²) in [5.41, 5.74) is 3.36. The fourth-order valence-corrected chi connectivity index (χ4v) is 3.35. The molecular formula is C21H21ClN2O2. The summed E-state index contributed by atoms with van der Waals surface area (Å²) in [5.74, 6) is -0.400. The maximum absolute atomic E-state index is 12.9. The molecule has 0 aliphatic carbocycles. The molecule has 2 aromatic carbocycles. The molecule has 4 nitrogen and oxygen atoms in total. The van der Waals surface area contributed by atoms with Gasteiger partial charge in [0, 0.05) is 28.8 Å². The Kier molecular flexibility index (Phi) is 5.14. The zero-order valence-corrected chi connectivity index (χ0v) is 15.9. The van der Waals surface area contributed by atoms with Gasteiger partial charge in [-0.25, -0.2) is 0 Å². The van der Waals surface area contributed by atoms with Gasteiger partial charge in [-0.05, 0) is 49.6 Å². The molecule has 3 rings (SSSR count). The number of amides is 1. The standard InChI is InChI=1S/C21H21ClN2O2/c1-4-14-8-6-7-13(3)19(14)23-21(26)17-12-24(5-2)18-10-9-15(22)11-16(18)20(17)25/h6-12H,4-5H2,1-3H3,(H,23,26). The predicted molar refractivity (Wildman–Crippen MR) is 107 cm³/mol. The Morgan fingerprint density at radius 1 is 1.19 bits per heavy atom. The molecule has 0 saturated heterocycles. The van der Waals surface area contributed by atoms with Crippen LogP contribution in [0.25, 0.3) is 10.9 Å². The van der Waals surface area contributed by atoms with E-state index in [0.29, 0.717) is 17.0 Å². The number of aromatic nitrogens is 1. The molecule has 0 unspecified atom stereocenters. The van der Waals surface area contributed by atoms with Crippen molar-refractivity contribution in [3.8, 4) is 0 Å². The number of hydrogen-bond donors (Lipinski definition) is 1. The number of hydrogen-bond acceptors (Lipinski definition) is 2. The molecule has 0 radical (unpaired) electrons. The molecule has 0 saturated carbocycles. The van der Waals surface area contributed by atoms with E-state index in [1.54, 1.807) is 24.4 Å². The molecule has 0 spiro atoms. The normalized spacial score (nSPS) is 10.9. The number of halogens is 1. The quantitative estimate of drug-likeness (QED) is 0.719. The first-order chi connectivity index (χ1) is 12.5. The third kappa shape index (κ3) is 3.25. The Morgan fingerprint density at radius 3 is 2.65 bits per heavy atom. The lowest BCUT2D eigenvalue weighted by Crippen LogP contribution is -2.24. The van der Waals surface area contributed by atoms with Gasteiger partial charge >= 0.3 is 0 Å². The van der Waals surface area contributed by atoms with Gasteiger partial charge in [0.1, 0.15) is 5.56 Å². The molecule has 1 aromatic heterocycles. The number of benzene rings is 2. The number of carbonyl (C=O) groups excluding carboxylic acids is 1. The number of rotatable bonds is 4. The number of anilines is 1. The molecule has 26 heavy (non-hydrogen) atoms. The summed E-state index contributed by atoms with van der Waals surface area (Å²) in [4.78, 5) is 25.8. The van der Waals surface area contributed by atoms with Gasteiger partial charge in [0.2, 0.25) is 5.43 Å². The van der Waals surface area contributed by atoms with Crippen LogP contribution >= 0.6 is 11.6 Å². The van der Waals surface area contributed by atoms with E-state index in [4.69, 9.17) is 11.6 Å². The molecule has 0 fully saturated rings. The third-order valence-corrected chi connectivity index (χ3v) is 4.84. The highest BCUT2D eigenvalue weighted by molar-refractivity contribution is 6.31.